The third-order valence-electron chi connectivity index (χ3n) is 4.66. The van der Waals surface area contributed by atoms with Gasteiger partial charge in [-0.15, -0.1) is 11.3 Å². The first kappa shape index (κ1) is 17.4. The number of hydrogen-bond acceptors (Lipinski definition) is 4. The molecule has 1 fully saturated rings. The van der Waals surface area contributed by atoms with E-state index in [4.69, 9.17) is 0 Å². The van der Waals surface area contributed by atoms with Crippen molar-refractivity contribution in [1.29, 1.82) is 0 Å². The molecule has 4 rings (SSSR count). The van der Waals surface area contributed by atoms with Crippen LogP contribution in [0.3, 0.4) is 0 Å². The third kappa shape index (κ3) is 3.75. The minimum Gasteiger partial charge on any atom is -0.351 e. The van der Waals surface area contributed by atoms with E-state index in [2.05, 4.69) is 10.3 Å². The Morgan fingerprint density at radius 2 is 2.04 bits per heavy atom. The zero-order valence-electron chi connectivity index (χ0n) is 14.7. The van der Waals surface area contributed by atoms with Crippen LogP contribution >= 0.6 is 11.3 Å². The fourth-order valence-electron chi connectivity index (χ4n) is 3.28. The van der Waals surface area contributed by atoms with Gasteiger partial charge in [0.25, 0.3) is 0 Å². The van der Waals surface area contributed by atoms with E-state index in [1.807, 2.05) is 60.0 Å². The van der Waals surface area contributed by atoms with Gasteiger partial charge in [0.15, 0.2) is 0 Å². The summed E-state index contributed by atoms with van der Waals surface area (Å²) < 4.78 is 0. The van der Waals surface area contributed by atoms with Crippen LogP contribution < -0.4 is 10.2 Å². The molecular weight excluding hydrogens is 358 g/mol. The lowest BCUT2D eigenvalue weighted by Gasteiger charge is -2.16. The van der Waals surface area contributed by atoms with Crippen molar-refractivity contribution in [3.8, 4) is 10.6 Å². The summed E-state index contributed by atoms with van der Waals surface area (Å²) in [5, 5.41) is 5.80. The van der Waals surface area contributed by atoms with Crippen molar-refractivity contribution in [3.05, 3.63) is 71.7 Å². The molecule has 1 unspecified atom stereocenters. The molecule has 1 N–H and O–H groups in total. The molecule has 1 aliphatic rings. The summed E-state index contributed by atoms with van der Waals surface area (Å²) in [6.45, 7) is 0.966. The second kappa shape index (κ2) is 7.72. The molecule has 2 amide bonds. The van der Waals surface area contributed by atoms with Crippen molar-refractivity contribution < 1.29 is 9.59 Å². The standard InChI is InChI=1S/C21H19N3O2S/c25-19(18-9-11-24(21(18)26)17-7-2-1-3-8-17)23-14-15-5-4-6-16(13-15)20-22-10-12-27-20/h1-8,10,12-13,18H,9,11,14H2,(H,23,25). The molecule has 0 spiro atoms. The first-order valence-electron chi connectivity index (χ1n) is 8.85. The van der Waals surface area contributed by atoms with Crippen LogP contribution in [0.15, 0.2) is 66.2 Å². The molecule has 3 aromatic rings. The monoisotopic (exact) mass is 377 g/mol. The normalized spacial score (nSPS) is 16.5. The number of benzene rings is 2. The molecule has 0 radical (unpaired) electrons. The molecule has 1 aliphatic heterocycles. The van der Waals surface area contributed by atoms with Crippen molar-refractivity contribution in [2.75, 3.05) is 11.4 Å². The molecule has 0 saturated carbocycles. The minimum atomic E-state index is -0.618. The summed E-state index contributed by atoms with van der Waals surface area (Å²) >= 11 is 1.58. The number of rotatable bonds is 5. The second-order valence-electron chi connectivity index (χ2n) is 6.42. The van der Waals surface area contributed by atoms with Gasteiger partial charge in [0, 0.05) is 35.9 Å². The highest BCUT2D eigenvalue weighted by molar-refractivity contribution is 7.13. The largest absolute Gasteiger partial charge is 0.351 e. The lowest BCUT2D eigenvalue weighted by atomic mass is 10.1. The Balaban J connectivity index is 1.39. The Bertz CT molecular complexity index is 941. The summed E-state index contributed by atoms with van der Waals surface area (Å²) in [5.74, 6) is -0.958. The van der Waals surface area contributed by atoms with Crippen molar-refractivity contribution in [2.24, 2.45) is 5.92 Å². The topological polar surface area (TPSA) is 62.3 Å². The molecule has 1 aromatic heterocycles. The molecule has 2 aromatic carbocycles. The molecule has 27 heavy (non-hydrogen) atoms. The van der Waals surface area contributed by atoms with Gasteiger partial charge >= 0.3 is 0 Å². The van der Waals surface area contributed by atoms with E-state index in [0.29, 0.717) is 19.5 Å². The lowest BCUT2D eigenvalue weighted by Crippen LogP contribution is -2.36. The maximum atomic E-state index is 12.6. The Hall–Kier alpha value is -2.99. The van der Waals surface area contributed by atoms with Gasteiger partial charge in [-0.25, -0.2) is 4.98 Å². The van der Waals surface area contributed by atoms with E-state index < -0.39 is 5.92 Å². The first-order valence-corrected chi connectivity index (χ1v) is 9.73. The number of nitrogens with one attached hydrogen (secondary N) is 1. The highest BCUT2D eigenvalue weighted by Crippen LogP contribution is 2.25. The molecule has 6 heteroatoms. The molecule has 0 bridgehead atoms. The number of amides is 2. The van der Waals surface area contributed by atoms with Gasteiger partial charge < -0.3 is 10.2 Å². The van der Waals surface area contributed by atoms with E-state index in [1.54, 1.807) is 22.4 Å². The van der Waals surface area contributed by atoms with Crippen molar-refractivity contribution >= 4 is 28.8 Å². The quantitative estimate of drug-likeness (QED) is 0.693. The molecule has 2 heterocycles. The zero-order chi connectivity index (χ0) is 18.6. The van der Waals surface area contributed by atoms with Gasteiger partial charge in [0.1, 0.15) is 10.9 Å². The van der Waals surface area contributed by atoms with E-state index >= 15 is 0 Å². The van der Waals surface area contributed by atoms with E-state index in [9.17, 15) is 9.59 Å². The van der Waals surface area contributed by atoms with Gasteiger partial charge in [-0.05, 0) is 30.2 Å². The molecule has 1 saturated heterocycles. The van der Waals surface area contributed by atoms with Gasteiger partial charge in [-0.1, -0.05) is 36.4 Å². The van der Waals surface area contributed by atoms with Crippen LogP contribution in [0.2, 0.25) is 0 Å². The lowest BCUT2D eigenvalue weighted by molar-refractivity contribution is -0.132. The Labute approximate surface area is 161 Å². The summed E-state index contributed by atoms with van der Waals surface area (Å²) in [4.78, 5) is 31.2. The maximum Gasteiger partial charge on any atom is 0.239 e. The fraction of sp³-hybridized carbons (Fsp3) is 0.190. The predicted molar refractivity (Wildman–Crippen MR) is 106 cm³/mol. The number of anilines is 1. The maximum absolute atomic E-state index is 12.6. The molecular formula is C21H19N3O2S. The third-order valence-corrected chi connectivity index (χ3v) is 5.49. The van der Waals surface area contributed by atoms with Crippen molar-refractivity contribution in [2.45, 2.75) is 13.0 Å². The highest BCUT2D eigenvalue weighted by atomic mass is 32.1. The van der Waals surface area contributed by atoms with Gasteiger partial charge in [0.2, 0.25) is 11.8 Å². The number of para-hydroxylation sites is 1. The van der Waals surface area contributed by atoms with E-state index in [-0.39, 0.29) is 11.8 Å². The summed E-state index contributed by atoms with van der Waals surface area (Å²) in [6.07, 6.45) is 2.32. The molecule has 0 aliphatic carbocycles. The van der Waals surface area contributed by atoms with Gasteiger partial charge in [-0.3, -0.25) is 9.59 Å². The second-order valence-corrected chi connectivity index (χ2v) is 7.32. The first-order chi connectivity index (χ1) is 13.2. The summed E-state index contributed by atoms with van der Waals surface area (Å²) in [5.41, 5.74) is 2.86. The SMILES string of the molecule is O=C(NCc1cccc(-c2nccs2)c1)C1CCN(c2ccccc2)C1=O. The minimum absolute atomic E-state index is 0.129. The highest BCUT2D eigenvalue weighted by Gasteiger charge is 2.37. The van der Waals surface area contributed by atoms with Gasteiger partial charge in [0.05, 0.1) is 0 Å². The molecule has 1 atom stereocenters. The van der Waals surface area contributed by atoms with Gasteiger partial charge in [-0.2, -0.15) is 0 Å². The Morgan fingerprint density at radius 3 is 2.81 bits per heavy atom. The van der Waals surface area contributed by atoms with Crippen LogP contribution in [0.4, 0.5) is 5.69 Å². The summed E-state index contributed by atoms with van der Waals surface area (Å²) in [7, 11) is 0. The Kier molecular flexibility index (Phi) is 4.98. The average Bonchev–Trinajstić information content (AvgIpc) is 3.37. The van der Waals surface area contributed by atoms with Crippen LogP contribution in [0, 0.1) is 5.92 Å². The number of hydrogen-bond donors (Lipinski definition) is 1. The van der Waals surface area contributed by atoms with E-state index in [1.165, 1.54) is 0 Å². The van der Waals surface area contributed by atoms with Crippen molar-refractivity contribution in [3.63, 3.8) is 0 Å². The van der Waals surface area contributed by atoms with Crippen molar-refractivity contribution in [1.82, 2.24) is 10.3 Å². The van der Waals surface area contributed by atoms with Crippen LogP contribution in [0.1, 0.15) is 12.0 Å². The fourth-order valence-corrected chi connectivity index (χ4v) is 3.92. The Morgan fingerprint density at radius 1 is 1.19 bits per heavy atom. The smallest absolute Gasteiger partial charge is 0.239 e. The zero-order valence-corrected chi connectivity index (χ0v) is 15.5. The number of aromatic nitrogens is 1. The predicted octanol–water partition coefficient (Wildman–Crippen LogP) is 3.48. The number of carbonyl (C=O) groups excluding carboxylic acids is 2. The number of carbonyl (C=O) groups is 2. The van der Waals surface area contributed by atoms with Crippen LogP contribution in [-0.2, 0) is 16.1 Å². The van der Waals surface area contributed by atoms with Crippen LogP contribution in [0.25, 0.3) is 10.6 Å². The number of nitrogens with zero attached hydrogens (tertiary/aromatic N) is 2. The number of thiazole rings is 1. The average molecular weight is 377 g/mol. The summed E-state index contributed by atoms with van der Waals surface area (Å²) in [6, 6.07) is 17.4. The van der Waals surface area contributed by atoms with Crippen LogP contribution in [0.5, 0.6) is 0 Å². The van der Waals surface area contributed by atoms with E-state index in [0.717, 1.165) is 21.8 Å². The molecule has 5 nitrogen and oxygen atoms in total. The molecule has 136 valence electrons. The van der Waals surface area contributed by atoms with Crippen LogP contribution in [-0.4, -0.2) is 23.3 Å².